The van der Waals surface area contributed by atoms with Crippen LogP contribution < -0.4 is 5.32 Å². The fourth-order valence-corrected chi connectivity index (χ4v) is 2.40. The number of carbonyl (C=O) groups excluding carboxylic acids is 1. The molecule has 0 bridgehead atoms. The summed E-state index contributed by atoms with van der Waals surface area (Å²) < 4.78 is 11.3. The van der Waals surface area contributed by atoms with Gasteiger partial charge in [0, 0.05) is 44.8 Å². The molecule has 2 aromatic carbocycles. The second-order valence-corrected chi connectivity index (χ2v) is 6.07. The Hall–Kier alpha value is -2.54. The second-order valence-electron chi connectivity index (χ2n) is 4.69. The molecule has 22 heavy (non-hydrogen) atoms. The van der Waals surface area contributed by atoms with Crippen LogP contribution >= 0.6 is 0 Å². The maximum absolute atomic E-state index is 12.1. The Morgan fingerprint density at radius 3 is 2.36 bits per heavy atom. The Labute approximate surface area is 129 Å². The molecule has 7 heteroatoms. The van der Waals surface area contributed by atoms with Crippen molar-refractivity contribution in [3.05, 3.63) is 63.7 Å². The van der Waals surface area contributed by atoms with E-state index in [-0.39, 0.29) is 11.6 Å². The predicted molar refractivity (Wildman–Crippen MR) is 84.6 cm³/mol. The molecule has 0 spiro atoms. The Morgan fingerprint density at radius 2 is 1.82 bits per heavy atom. The summed E-state index contributed by atoms with van der Waals surface area (Å²) in [7, 11) is -1.11. The third kappa shape index (κ3) is 3.56. The highest BCUT2D eigenvalue weighted by atomic mass is 32.2. The maximum Gasteiger partial charge on any atom is 0.274 e. The standard InChI is InChI=1S/C15H14N2O4S/c1-10-3-6-12(9-14(10)17(19)20)16-15(18)11-4-7-13(8-5-11)22(2)21/h3-9H,1-2H3,(H,16,18). The third-order valence-corrected chi connectivity index (χ3v) is 4.05. The normalized spacial score (nSPS) is 11.7. The van der Waals surface area contributed by atoms with E-state index in [0.29, 0.717) is 21.7 Å². The summed E-state index contributed by atoms with van der Waals surface area (Å²) in [6.45, 7) is 1.63. The Kier molecular flexibility index (Phi) is 4.67. The first-order valence-electron chi connectivity index (χ1n) is 6.38. The van der Waals surface area contributed by atoms with E-state index in [1.807, 2.05) is 0 Å². The Balaban J connectivity index is 2.20. The highest BCUT2D eigenvalue weighted by Gasteiger charge is 2.13. The van der Waals surface area contributed by atoms with Gasteiger partial charge in [-0.3, -0.25) is 19.1 Å². The number of anilines is 1. The van der Waals surface area contributed by atoms with Crippen LogP contribution in [-0.2, 0) is 10.8 Å². The topological polar surface area (TPSA) is 89.3 Å². The van der Waals surface area contributed by atoms with Crippen LogP contribution in [0, 0.1) is 17.0 Å². The quantitative estimate of drug-likeness (QED) is 0.693. The average Bonchev–Trinajstić information content (AvgIpc) is 2.49. The number of hydrogen-bond acceptors (Lipinski definition) is 4. The monoisotopic (exact) mass is 318 g/mol. The minimum Gasteiger partial charge on any atom is -0.322 e. The second kappa shape index (κ2) is 6.48. The number of benzene rings is 2. The molecule has 114 valence electrons. The molecule has 2 rings (SSSR count). The van der Waals surface area contributed by atoms with E-state index >= 15 is 0 Å². The lowest BCUT2D eigenvalue weighted by molar-refractivity contribution is -0.385. The molecule has 1 N–H and O–H groups in total. The van der Waals surface area contributed by atoms with Crippen LogP contribution in [-0.4, -0.2) is 21.3 Å². The zero-order chi connectivity index (χ0) is 16.3. The number of nitrogens with zero attached hydrogens (tertiary/aromatic N) is 1. The van der Waals surface area contributed by atoms with Gasteiger partial charge in [0.25, 0.3) is 11.6 Å². The lowest BCUT2D eigenvalue weighted by Gasteiger charge is -2.06. The van der Waals surface area contributed by atoms with Crippen molar-refractivity contribution in [1.29, 1.82) is 0 Å². The smallest absolute Gasteiger partial charge is 0.274 e. The largest absolute Gasteiger partial charge is 0.322 e. The minimum atomic E-state index is -1.11. The van der Waals surface area contributed by atoms with E-state index in [2.05, 4.69) is 5.32 Å². The molecule has 6 nitrogen and oxygen atoms in total. The minimum absolute atomic E-state index is 0.0467. The number of aryl methyl sites for hydroxylation is 1. The van der Waals surface area contributed by atoms with Gasteiger partial charge in [-0.2, -0.15) is 0 Å². The summed E-state index contributed by atoms with van der Waals surface area (Å²) in [6.07, 6.45) is 1.56. The van der Waals surface area contributed by atoms with Crippen molar-refractivity contribution in [2.75, 3.05) is 11.6 Å². The average molecular weight is 318 g/mol. The van der Waals surface area contributed by atoms with E-state index in [0.717, 1.165) is 0 Å². The summed E-state index contributed by atoms with van der Waals surface area (Å²) in [6, 6.07) is 10.9. The van der Waals surface area contributed by atoms with Gasteiger partial charge < -0.3 is 5.32 Å². The number of nitro groups is 1. The van der Waals surface area contributed by atoms with Crippen LogP contribution in [0.1, 0.15) is 15.9 Å². The lowest BCUT2D eigenvalue weighted by atomic mass is 10.1. The van der Waals surface area contributed by atoms with Gasteiger partial charge in [-0.15, -0.1) is 0 Å². The number of carbonyl (C=O) groups is 1. The van der Waals surface area contributed by atoms with E-state index in [9.17, 15) is 19.1 Å². The number of hydrogen-bond donors (Lipinski definition) is 1. The molecule has 0 aliphatic rings. The molecule has 0 aliphatic carbocycles. The SMILES string of the molecule is Cc1ccc(NC(=O)c2ccc(S(C)=O)cc2)cc1[N+](=O)[O-]. The van der Waals surface area contributed by atoms with E-state index in [1.165, 1.54) is 6.07 Å². The van der Waals surface area contributed by atoms with Gasteiger partial charge in [0.2, 0.25) is 0 Å². The summed E-state index contributed by atoms with van der Waals surface area (Å²) in [5.74, 6) is -0.383. The Morgan fingerprint density at radius 1 is 1.18 bits per heavy atom. The highest BCUT2D eigenvalue weighted by molar-refractivity contribution is 7.84. The Bertz CT molecular complexity index is 757. The van der Waals surface area contributed by atoms with Crippen molar-refractivity contribution in [3.8, 4) is 0 Å². The molecule has 0 fully saturated rings. The molecular weight excluding hydrogens is 304 g/mol. The van der Waals surface area contributed by atoms with Crippen molar-refractivity contribution in [2.45, 2.75) is 11.8 Å². The van der Waals surface area contributed by atoms with Gasteiger partial charge in [0.15, 0.2) is 0 Å². The molecule has 0 saturated carbocycles. The first-order valence-corrected chi connectivity index (χ1v) is 7.94. The number of nitro benzene ring substituents is 1. The van der Waals surface area contributed by atoms with Gasteiger partial charge in [-0.1, -0.05) is 6.07 Å². The molecule has 0 heterocycles. The lowest BCUT2D eigenvalue weighted by Crippen LogP contribution is -2.12. The van der Waals surface area contributed by atoms with Crippen molar-refractivity contribution in [2.24, 2.45) is 0 Å². The van der Waals surface area contributed by atoms with Crippen molar-refractivity contribution < 1.29 is 13.9 Å². The van der Waals surface area contributed by atoms with E-state index < -0.39 is 15.7 Å². The van der Waals surface area contributed by atoms with Gasteiger partial charge >= 0.3 is 0 Å². The van der Waals surface area contributed by atoms with E-state index in [1.54, 1.807) is 49.6 Å². The molecule has 1 amide bonds. The van der Waals surface area contributed by atoms with Crippen LogP contribution in [0.3, 0.4) is 0 Å². The number of nitrogens with one attached hydrogen (secondary N) is 1. The van der Waals surface area contributed by atoms with Crippen LogP contribution in [0.5, 0.6) is 0 Å². The molecule has 0 saturated heterocycles. The van der Waals surface area contributed by atoms with E-state index in [4.69, 9.17) is 0 Å². The summed E-state index contributed by atoms with van der Waals surface area (Å²) in [5.41, 5.74) is 1.22. The van der Waals surface area contributed by atoms with Crippen molar-refractivity contribution >= 4 is 28.1 Å². The molecule has 0 aromatic heterocycles. The number of rotatable bonds is 4. The number of amides is 1. The van der Waals surface area contributed by atoms with Crippen LogP contribution in [0.4, 0.5) is 11.4 Å². The maximum atomic E-state index is 12.1. The summed E-state index contributed by atoms with van der Waals surface area (Å²) in [4.78, 5) is 23.1. The van der Waals surface area contributed by atoms with Gasteiger partial charge in [0.05, 0.1) is 4.92 Å². The molecular formula is C15H14N2O4S. The first kappa shape index (κ1) is 15.8. The van der Waals surface area contributed by atoms with Crippen LogP contribution in [0.15, 0.2) is 47.4 Å². The zero-order valence-electron chi connectivity index (χ0n) is 12.0. The van der Waals surface area contributed by atoms with Gasteiger partial charge in [0.1, 0.15) is 0 Å². The highest BCUT2D eigenvalue weighted by Crippen LogP contribution is 2.22. The molecule has 0 aliphatic heterocycles. The van der Waals surface area contributed by atoms with Crippen molar-refractivity contribution in [3.63, 3.8) is 0 Å². The van der Waals surface area contributed by atoms with Crippen LogP contribution in [0.25, 0.3) is 0 Å². The zero-order valence-corrected chi connectivity index (χ0v) is 12.8. The predicted octanol–water partition coefficient (Wildman–Crippen LogP) is 2.89. The molecule has 1 atom stereocenters. The molecule has 0 radical (unpaired) electrons. The van der Waals surface area contributed by atoms with Crippen molar-refractivity contribution in [1.82, 2.24) is 0 Å². The molecule has 1 unspecified atom stereocenters. The fourth-order valence-electron chi connectivity index (χ4n) is 1.89. The summed E-state index contributed by atoms with van der Waals surface area (Å²) >= 11 is 0. The summed E-state index contributed by atoms with van der Waals surface area (Å²) in [5, 5.41) is 13.5. The van der Waals surface area contributed by atoms with Gasteiger partial charge in [-0.05, 0) is 37.3 Å². The van der Waals surface area contributed by atoms with Crippen LogP contribution in [0.2, 0.25) is 0 Å². The first-order chi connectivity index (χ1) is 10.4. The van der Waals surface area contributed by atoms with Gasteiger partial charge in [-0.25, -0.2) is 0 Å². The third-order valence-electron chi connectivity index (χ3n) is 3.11. The fraction of sp³-hybridized carbons (Fsp3) is 0.133. The molecule has 2 aromatic rings.